The molecule has 0 aromatic rings. The van der Waals surface area contributed by atoms with Gasteiger partial charge in [0.2, 0.25) is 0 Å². The van der Waals surface area contributed by atoms with Crippen molar-refractivity contribution in [3.63, 3.8) is 0 Å². The lowest BCUT2D eigenvalue weighted by molar-refractivity contribution is -0.112. The largest absolute Gasteiger partial charge is 0.393 e. The number of rotatable bonds is 1. The first-order valence-electron chi connectivity index (χ1n) is 4.06. The van der Waals surface area contributed by atoms with Crippen molar-refractivity contribution in [3.05, 3.63) is 11.6 Å². The van der Waals surface area contributed by atoms with Gasteiger partial charge in [-0.3, -0.25) is 4.79 Å². The molecule has 0 amide bonds. The van der Waals surface area contributed by atoms with Gasteiger partial charge in [-0.05, 0) is 38.7 Å². The van der Waals surface area contributed by atoms with E-state index in [-0.39, 0.29) is 11.9 Å². The fraction of sp³-hybridized carbons (Fsp3) is 0.667. The first-order chi connectivity index (χ1) is 5.18. The summed E-state index contributed by atoms with van der Waals surface area (Å²) in [6.45, 7) is 1.57. The number of hydrogen-bond acceptors (Lipinski definition) is 2. The second kappa shape index (κ2) is 3.67. The number of hydrogen-bond donors (Lipinski definition) is 1. The molecule has 0 saturated heterocycles. The molecule has 0 aliphatic heterocycles. The van der Waals surface area contributed by atoms with E-state index in [9.17, 15) is 4.79 Å². The molecular weight excluding hydrogens is 140 g/mol. The van der Waals surface area contributed by atoms with E-state index in [4.69, 9.17) is 5.11 Å². The van der Waals surface area contributed by atoms with Gasteiger partial charge in [0, 0.05) is 0 Å². The molecular formula is C9H14O2. The lowest BCUT2D eigenvalue weighted by Gasteiger charge is -2.18. The number of allylic oxidation sites excluding steroid dienone is 2. The minimum absolute atomic E-state index is 0.122. The van der Waals surface area contributed by atoms with Crippen LogP contribution in [0.25, 0.3) is 0 Å². The Morgan fingerprint density at radius 3 is 2.55 bits per heavy atom. The van der Waals surface area contributed by atoms with Gasteiger partial charge in [-0.2, -0.15) is 0 Å². The average Bonchev–Trinajstić information content (AvgIpc) is 1.93. The number of ketones is 1. The Bertz CT molecular complexity index is 172. The smallest absolute Gasteiger partial charge is 0.152 e. The molecule has 1 aliphatic carbocycles. The van der Waals surface area contributed by atoms with Crippen LogP contribution in [0.15, 0.2) is 11.6 Å². The summed E-state index contributed by atoms with van der Waals surface area (Å²) in [4.78, 5) is 10.7. The van der Waals surface area contributed by atoms with Crippen LogP contribution in [0.4, 0.5) is 0 Å². The molecule has 1 saturated carbocycles. The predicted molar refractivity (Wildman–Crippen MR) is 43.2 cm³/mol. The Morgan fingerprint density at radius 2 is 2.09 bits per heavy atom. The Balaban J connectivity index is 2.45. The number of aliphatic hydroxyl groups is 1. The molecule has 0 aromatic heterocycles. The highest BCUT2D eigenvalue weighted by molar-refractivity contribution is 5.87. The van der Waals surface area contributed by atoms with E-state index in [0.29, 0.717) is 0 Å². The topological polar surface area (TPSA) is 37.3 Å². The zero-order valence-electron chi connectivity index (χ0n) is 6.84. The van der Waals surface area contributed by atoms with Crippen LogP contribution in [0.1, 0.15) is 32.6 Å². The van der Waals surface area contributed by atoms with Crippen molar-refractivity contribution in [1.82, 2.24) is 0 Å². The molecule has 0 radical (unpaired) electrons. The molecule has 0 aromatic carbocycles. The van der Waals surface area contributed by atoms with Gasteiger partial charge in [0.25, 0.3) is 0 Å². The van der Waals surface area contributed by atoms with Crippen LogP contribution in [0, 0.1) is 0 Å². The maximum absolute atomic E-state index is 10.7. The van der Waals surface area contributed by atoms with Gasteiger partial charge in [0.15, 0.2) is 5.78 Å². The van der Waals surface area contributed by atoms with E-state index < -0.39 is 0 Å². The highest BCUT2D eigenvalue weighted by Gasteiger charge is 2.13. The Labute approximate surface area is 66.9 Å². The summed E-state index contributed by atoms with van der Waals surface area (Å²) in [7, 11) is 0. The summed E-state index contributed by atoms with van der Waals surface area (Å²) in [6, 6.07) is 0. The fourth-order valence-corrected chi connectivity index (χ4v) is 1.41. The summed E-state index contributed by atoms with van der Waals surface area (Å²) in [6.07, 6.45) is 4.98. The van der Waals surface area contributed by atoms with Crippen LogP contribution in [0.2, 0.25) is 0 Å². The Kier molecular flexibility index (Phi) is 2.83. The van der Waals surface area contributed by atoms with E-state index in [0.717, 1.165) is 25.7 Å². The van der Waals surface area contributed by atoms with E-state index >= 15 is 0 Å². The van der Waals surface area contributed by atoms with E-state index in [1.54, 1.807) is 13.0 Å². The summed E-state index contributed by atoms with van der Waals surface area (Å²) in [5.41, 5.74) is 1.20. The maximum atomic E-state index is 10.7. The second-order valence-electron chi connectivity index (χ2n) is 3.14. The van der Waals surface area contributed by atoms with Gasteiger partial charge in [-0.15, -0.1) is 0 Å². The standard InChI is InChI=1S/C9H14O2/c1-7(10)6-8-2-4-9(11)5-3-8/h6,9,11H,2-5H2,1H3. The summed E-state index contributed by atoms with van der Waals surface area (Å²) in [5.74, 6) is 0.122. The summed E-state index contributed by atoms with van der Waals surface area (Å²) >= 11 is 0. The SMILES string of the molecule is CC(=O)C=C1CCC(O)CC1. The quantitative estimate of drug-likeness (QED) is 0.580. The fourth-order valence-electron chi connectivity index (χ4n) is 1.41. The van der Waals surface area contributed by atoms with E-state index in [1.807, 2.05) is 0 Å². The molecule has 0 unspecified atom stereocenters. The van der Waals surface area contributed by atoms with Crippen molar-refractivity contribution in [2.45, 2.75) is 38.7 Å². The molecule has 1 N–H and O–H groups in total. The first kappa shape index (κ1) is 8.47. The highest BCUT2D eigenvalue weighted by atomic mass is 16.3. The Morgan fingerprint density at radius 1 is 1.55 bits per heavy atom. The lowest BCUT2D eigenvalue weighted by atomic mass is 9.92. The number of carbonyl (C=O) groups is 1. The van der Waals surface area contributed by atoms with Crippen molar-refractivity contribution in [2.75, 3.05) is 0 Å². The molecule has 11 heavy (non-hydrogen) atoms. The molecule has 2 nitrogen and oxygen atoms in total. The molecule has 2 heteroatoms. The zero-order valence-corrected chi connectivity index (χ0v) is 6.84. The van der Waals surface area contributed by atoms with Crippen molar-refractivity contribution >= 4 is 5.78 Å². The van der Waals surface area contributed by atoms with Crippen molar-refractivity contribution in [3.8, 4) is 0 Å². The molecule has 0 atom stereocenters. The van der Waals surface area contributed by atoms with E-state index in [1.165, 1.54) is 5.57 Å². The van der Waals surface area contributed by atoms with Gasteiger partial charge in [0.05, 0.1) is 6.10 Å². The van der Waals surface area contributed by atoms with Crippen LogP contribution in [-0.4, -0.2) is 17.0 Å². The highest BCUT2D eigenvalue weighted by Crippen LogP contribution is 2.22. The second-order valence-corrected chi connectivity index (χ2v) is 3.14. The third kappa shape index (κ3) is 2.85. The average molecular weight is 154 g/mol. The normalized spacial score (nSPS) is 24.9. The molecule has 62 valence electrons. The molecule has 1 fully saturated rings. The van der Waals surface area contributed by atoms with Crippen LogP contribution < -0.4 is 0 Å². The van der Waals surface area contributed by atoms with Gasteiger partial charge in [-0.1, -0.05) is 5.57 Å². The third-order valence-corrected chi connectivity index (χ3v) is 2.00. The summed E-state index contributed by atoms with van der Waals surface area (Å²) < 4.78 is 0. The lowest BCUT2D eigenvalue weighted by Crippen LogP contribution is -2.12. The van der Waals surface area contributed by atoms with Crippen LogP contribution in [0.5, 0.6) is 0 Å². The molecule has 1 aliphatic rings. The Hall–Kier alpha value is -0.630. The predicted octanol–water partition coefficient (Wildman–Crippen LogP) is 1.44. The minimum atomic E-state index is -0.140. The molecule has 0 heterocycles. The van der Waals surface area contributed by atoms with Crippen LogP contribution >= 0.6 is 0 Å². The van der Waals surface area contributed by atoms with Gasteiger partial charge in [-0.25, -0.2) is 0 Å². The maximum Gasteiger partial charge on any atom is 0.152 e. The molecule has 0 bridgehead atoms. The van der Waals surface area contributed by atoms with Gasteiger partial charge in [0.1, 0.15) is 0 Å². The van der Waals surface area contributed by atoms with Crippen LogP contribution in [0.3, 0.4) is 0 Å². The van der Waals surface area contributed by atoms with Crippen molar-refractivity contribution < 1.29 is 9.90 Å². The molecule has 0 spiro atoms. The first-order valence-corrected chi connectivity index (χ1v) is 4.06. The number of aliphatic hydroxyl groups excluding tert-OH is 1. The summed E-state index contributed by atoms with van der Waals surface area (Å²) in [5, 5.41) is 9.15. The van der Waals surface area contributed by atoms with Gasteiger partial charge >= 0.3 is 0 Å². The zero-order chi connectivity index (χ0) is 8.27. The van der Waals surface area contributed by atoms with E-state index in [2.05, 4.69) is 0 Å². The van der Waals surface area contributed by atoms with Crippen molar-refractivity contribution in [1.29, 1.82) is 0 Å². The van der Waals surface area contributed by atoms with Crippen molar-refractivity contribution in [2.24, 2.45) is 0 Å². The van der Waals surface area contributed by atoms with Gasteiger partial charge < -0.3 is 5.11 Å². The third-order valence-electron chi connectivity index (χ3n) is 2.00. The van der Waals surface area contributed by atoms with Crippen LogP contribution in [-0.2, 0) is 4.79 Å². The monoisotopic (exact) mass is 154 g/mol. The molecule has 1 rings (SSSR count). The minimum Gasteiger partial charge on any atom is -0.393 e. The number of carbonyl (C=O) groups excluding carboxylic acids is 1.